The number of hydrogen-bond acceptors (Lipinski definition) is 6. The fourth-order valence-electron chi connectivity index (χ4n) is 2.72. The molecule has 0 aliphatic carbocycles. The topological polar surface area (TPSA) is 111 Å². The van der Waals surface area contributed by atoms with E-state index < -0.39 is 9.85 Å². The fraction of sp³-hybridized carbons (Fsp3) is 0.550. The number of anilines is 1. The van der Waals surface area contributed by atoms with E-state index in [0.29, 0.717) is 0 Å². The van der Waals surface area contributed by atoms with Crippen molar-refractivity contribution < 1.29 is 9.85 Å². The molecule has 0 saturated heterocycles. The zero-order valence-corrected chi connectivity index (χ0v) is 16.7. The van der Waals surface area contributed by atoms with Crippen LogP contribution in [0.15, 0.2) is 34.9 Å². The first-order valence-electron chi connectivity index (χ1n) is 9.90. The van der Waals surface area contributed by atoms with Crippen LogP contribution in [0, 0.1) is 20.2 Å². The Morgan fingerprint density at radius 1 is 1.04 bits per heavy atom. The SMILES string of the molecule is CCCCCC/C=C(/C=N/Nc1ccc([N+](=O)[O-])cc1[N+](=O)[O-])CCCCC. The van der Waals surface area contributed by atoms with E-state index >= 15 is 0 Å². The van der Waals surface area contributed by atoms with E-state index in [1.54, 1.807) is 6.21 Å². The summed E-state index contributed by atoms with van der Waals surface area (Å²) in [5, 5.41) is 26.1. The molecule has 0 bridgehead atoms. The molecule has 0 aliphatic heterocycles. The zero-order valence-electron chi connectivity index (χ0n) is 16.7. The smallest absolute Gasteiger partial charge is 0.272 e. The number of nitrogens with one attached hydrogen (secondary N) is 1. The number of nitrogens with zero attached hydrogens (tertiary/aromatic N) is 3. The molecule has 0 heterocycles. The molecule has 0 amide bonds. The number of allylic oxidation sites excluding steroid dienone is 2. The highest BCUT2D eigenvalue weighted by atomic mass is 16.6. The normalized spacial score (nSPS) is 11.7. The molecule has 28 heavy (non-hydrogen) atoms. The van der Waals surface area contributed by atoms with Crippen molar-refractivity contribution in [1.29, 1.82) is 0 Å². The van der Waals surface area contributed by atoms with Gasteiger partial charge in [0.1, 0.15) is 5.69 Å². The van der Waals surface area contributed by atoms with Crippen LogP contribution in [-0.4, -0.2) is 16.1 Å². The molecule has 0 spiro atoms. The second kappa shape index (κ2) is 13.4. The van der Waals surface area contributed by atoms with Gasteiger partial charge in [-0.1, -0.05) is 52.0 Å². The van der Waals surface area contributed by atoms with E-state index in [1.807, 2.05) is 0 Å². The van der Waals surface area contributed by atoms with Gasteiger partial charge < -0.3 is 0 Å². The van der Waals surface area contributed by atoms with Gasteiger partial charge in [-0.25, -0.2) is 0 Å². The number of nitro groups is 2. The molecule has 0 aromatic heterocycles. The van der Waals surface area contributed by atoms with Gasteiger partial charge in [-0.15, -0.1) is 0 Å². The maximum Gasteiger partial charge on any atom is 0.301 e. The molecular weight excluding hydrogens is 360 g/mol. The Morgan fingerprint density at radius 2 is 1.75 bits per heavy atom. The molecule has 0 unspecified atom stereocenters. The van der Waals surface area contributed by atoms with Crippen LogP contribution in [0.1, 0.15) is 71.6 Å². The lowest BCUT2D eigenvalue weighted by Crippen LogP contribution is -1.99. The second-order valence-electron chi connectivity index (χ2n) is 6.67. The average Bonchev–Trinajstić information content (AvgIpc) is 2.67. The van der Waals surface area contributed by atoms with Crippen LogP contribution >= 0.6 is 0 Å². The number of hydrogen-bond donors (Lipinski definition) is 1. The van der Waals surface area contributed by atoms with Crippen molar-refractivity contribution in [2.45, 2.75) is 71.6 Å². The van der Waals surface area contributed by atoms with Gasteiger partial charge in [0, 0.05) is 6.07 Å². The molecule has 1 aromatic rings. The highest BCUT2D eigenvalue weighted by Gasteiger charge is 2.19. The molecule has 8 nitrogen and oxygen atoms in total. The summed E-state index contributed by atoms with van der Waals surface area (Å²) in [5.74, 6) is 0. The third kappa shape index (κ3) is 8.75. The molecule has 0 fully saturated rings. The molecular formula is C20H30N4O4. The van der Waals surface area contributed by atoms with Gasteiger partial charge in [-0.2, -0.15) is 5.10 Å². The minimum absolute atomic E-state index is 0.128. The maximum atomic E-state index is 11.2. The molecule has 8 heteroatoms. The third-order valence-electron chi connectivity index (χ3n) is 4.34. The molecule has 1 rings (SSSR count). The van der Waals surface area contributed by atoms with Crippen LogP contribution in [-0.2, 0) is 0 Å². The van der Waals surface area contributed by atoms with Gasteiger partial charge >= 0.3 is 5.69 Å². The predicted molar refractivity (Wildman–Crippen MR) is 113 cm³/mol. The Hall–Kier alpha value is -2.77. The van der Waals surface area contributed by atoms with E-state index in [2.05, 4.69) is 30.5 Å². The van der Waals surface area contributed by atoms with Crippen molar-refractivity contribution in [3.05, 3.63) is 50.1 Å². The van der Waals surface area contributed by atoms with Gasteiger partial charge in [0.2, 0.25) is 0 Å². The first kappa shape index (κ1) is 23.3. The first-order valence-corrected chi connectivity index (χ1v) is 9.90. The van der Waals surface area contributed by atoms with Gasteiger partial charge in [0.05, 0.1) is 22.1 Å². The summed E-state index contributed by atoms with van der Waals surface area (Å²) in [5.41, 5.74) is 3.19. The standard InChI is InChI=1S/C20H30N4O4/c1-3-5-7-8-10-12-17(11-9-6-4-2)16-21-22-19-14-13-18(23(25)26)15-20(19)24(27)28/h12-16,22H,3-11H2,1-2H3/b17-12+,21-16+. The van der Waals surface area contributed by atoms with Gasteiger partial charge in [0.15, 0.2) is 0 Å². The van der Waals surface area contributed by atoms with Crippen LogP contribution in [0.4, 0.5) is 17.1 Å². The number of rotatable bonds is 14. The van der Waals surface area contributed by atoms with Crippen LogP contribution in [0.5, 0.6) is 0 Å². The van der Waals surface area contributed by atoms with Crippen molar-refractivity contribution in [1.82, 2.24) is 0 Å². The predicted octanol–water partition coefficient (Wildman–Crippen LogP) is 6.38. The van der Waals surface area contributed by atoms with Crippen LogP contribution in [0.2, 0.25) is 0 Å². The van der Waals surface area contributed by atoms with Crippen LogP contribution in [0.3, 0.4) is 0 Å². The quantitative estimate of drug-likeness (QED) is 0.171. The van der Waals surface area contributed by atoms with E-state index in [4.69, 9.17) is 0 Å². The van der Waals surface area contributed by atoms with Crippen molar-refractivity contribution in [3.8, 4) is 0 Å². The lowest BCUT2D eigenvalue weighted by atomic mass is 10.1. The zero-order chi connectivity index (χ0) is 20.8. The lowest BCUT2D eigenvalue weighted by molar-refractivity contribution is -0.393. The van der Waals surface area contributed by atoms with Gasteiger partial charge in [0.25, 0.3) is 5.69 Å². The Labute approximate surface area is 166 Å². The van der Waals surface area contributed by atoms with Crippen molar-refractivity contribution in [3.63, 3.8) is 0 Å². The first-order chi connectivity index (χ1) is 13.5. The van der Waals surface area contributed by atoms with Crippen molar-refractivity contribution in [2.24, 2.45) is 5.10 Å². The van der Waals surface area contributed by atoms with Crippen LogP contribution in [0.25, 0.3) is 0 Å². The average molecular weight is 390 g/mol. The number of nitro benzene ring substituents is 2. The number of benzene rings is 1. The summed E-state index contributed by atoms with van der Waals surface area (Å²) in [4.78, 5) is 20.7. The van der Waals surface area contributed by atoms with E-state index in [1.165, 1.54) is 31.4 Å². The highest BCUT2D eigenvalue weighted by molar-refractivity contribution is 5.79. The van der Waals surface area contributed by atoms with Crippen LogP contribution < -0.4 is 5.43 Å². The van der Waals surface area contributed by atoms with Gasteiger partial charge in [-0.05, 0) is 37.3 Å². The molecule has 0 atom stereocenters. The summed E-state index contributed by atoms with van der Waals surface area (Å²) < 4.78 is 0. The number of unbranched alkanes of at least 4 members (excludes halogenated alkanes) is 6. The second-order valence-corrected chi connectivity index (χ2v) is 6.67. The number of hydrazone groups is 1. The molecule has 0 aliphatic rings. The monoisotopic (exact) mass is 390 g/mol. The molecule has 0 radical (unpaired) electrons. The summed E-state index contributed by atoms with van der Waals surface area (Å²) in [6, 6.07) is 3.46. The summed E-state index contributed by atoms with van der Waals surface area (Å²) in [6.07, 6.45) is 13.9. The third-order valence-corrected chi connectivity index (χ3v) is 4.34. The van der Waals surface area contributed by atoms with E-state index in [-0.39, 0.29) is 17.1 Å². The Kier molecular flexibility index (Phi) is 11.1. The van der Waals surface area contributed by atoms with E-state index in [9.17, 15) is 20.2 Å². The largest absolute Gasteiger partial charge is 0.301 e. The minimum atomic E-state index is -0.660. The minimum Gasteiger partial charge on any atom is -0.272 e. The Morgan fingerprint density at radius 3 is 2.39 bits per heavy atom. The summed E-state index contributed by atoms with van der Waals surface area (Å²) in [7, 11) is 0. The molecule has 1 aromatic carbocycles. The molecule has 154 valence electrons. The summed E-state index contributed by atoms with van der Waals surface area (Å²) in [6.45, 7) is 4.33. The van der Waals surface area contributed by atoms with Gasteiger partial charge in [-0.3, -0.25) is 25.7 Å². The molecule has 1 N–H and O–H groups in total. The summed E-state index contributed by atoms with van der Waals surface area (Å²) >= 11 is 0. The molecule has 0 saturated carbocycles. The lowest BCUT2D eigenvalue weighted by Gasteiger charge is -2.04. The van der Waals surface area contributed by atoms with Crippen molar-refractivity contribution in [2.75, 3.05) is 5.43 Å². The van der Waals surface area contributed by atoms with Crippen molar-refractivity contribution >= 4 is 23.3 Å². The highest BCUT2D eigenvalue weighted by Crippen LogP contribution is 2.28. The Balaban J connectivity index is 2.81. The number of non-ortho nitro benzene ring substituents is 1. The Bertz CT molecular complexity index is 701. The fourth-order valence-corrected chi connectivity index (χ4v) is 2.72. The maximum absolute atomic E-state index is 11.2. The van der Waals surface area contributed by atoms with E-state index in [0.717, 1.165) is 50.2 Å².